The van der Waals surface area contributed by atoms with Gasteiger partial charge < -0.3 is 5.11 Å². The number of aromatic nitrogens is 1. The lowest BCUT2D eigenvalue weighted by Crippen LogP contribution is -1.96. The number of carboxylic acid groups (broad SMARTS) is 1. The Bertz CT molecular complexity index is 702. The summed E-state index contributed by atoms with van der Waals surface area (Å²) < 4.78 is 0. The zero-order valence-electron chi connectivity index (χ0n) is 11.4. The molecule has 1 N–H and O–H groups in total. The molecule has 0 bridgehead atoms. The van der Waals surface area contributed by atoms with Crippen LogP contribution in [0.4, 0.5) is 5.69 Å². The summed E-state index contributed by atoms with van der Waals surface area (Å²) >= 11 is 0. The minimum Gasteiger partial charge on any atom is -0.478 e. The molecule has 0 amide bonds. The van der Waals surface area contributed by atoms with Crippen molar-refractivity contribution >= 4 is 22.6 Å². The number of non-ortho nitro benzene ring substituents is 1. The summed E-state index contributed by atoms with van der Waals surface area (Å²) in [6.07, 6.45) is 1.81. The van der Waals surface area contributed by atoms with Crippen molar-refractivity contribution in [2.75, 3.05) is 0 Å². The van der Waals surface area contributed by atoms with Crippen molar-refractivity contribution in [3.05, 3.63) is 82.5 Å². The quantitative estimate of drug-likeness (QED) is 0.576. The zero-order chi connectivity index (χ0) is 15.9. The van der Waals surface area contributed by atoms with Gasteiger partial charge in [-0.3, -0.25) is 15.1 Å². The number of nitro benzene ring substituents is 1. The number of fused-ring (bicyclic) bond motifs is 1. The first kappa shape index (κ1) is 15.1. The monoisotopic (exact) mass is 296 g/mol. The summed E-state index contributed by atoms with van der Waals surface area (Å²) in [6.45, 7) is 0. The highest BCUT2D eigenvalue weighted by atomic mass is 16.6. The lowest BCUT2D eigenvalue weighted by atomic mass is 10.2. The maximum Gasteiger partial charge on any atom is 0.335 e. The van der Waals surface area contributed by atoms with E-state index in [-0.39, 0.29) is 11.3 Å². The van der Waals surface area contributed by atoms with Crippen LogP contribution in [0.2, 0.25) is 0 Å². The lowest BCUT2D eigenvalue weighted by Gasteiger charge is -1.92. The second-order valence-electron chi connectivity index (χ2n) is 4.31. The highest BCUT2D eigenvalue weighted by Crippen LogP contribution is 2.11. The van der Waals surface area contributed by atoms with Gasteiger partial charge in [-0.15, -0.1) is 0 Å². The van der Waals surface area contributed by atoms with Gasteiger partial charge in [0.25, 0.3) is 5.69 Å². The molecule has 1 aromatic heterocycles. The number of benzene rings is 2. The summed E-state index contributed by atoms with van der Waals surface area (Å²) in [4.78, 5) is 24.1. The molecule has 0 spiro atoms. The molecule has 0 saturated heterocycles. The number of para-hydroxylation sites is 1. The van der Waals surface area contributed by atoms with Crippen LogP contribution in [0.25, 0.3) is 10.9 Å². The molecule has 6 nitrogen and oxygen atoms in total. The van der Waals surface area contributed by atoms with E-state index in [4.69, 9.17) is 5.11 Å². The summed E-state index contributed by atoms with van der Waals surface area (Å²) in [6, 6.07) is 16.8. The van der Waals surface area contributed by atoms with E-state index in [2.05, 4.69) is 17.1 Å². The Balaban J connectivity index is 0.000000162. The van der Waals surface area contributed by atoms with Crippen molar-refractivity contribution in [1.82, 2.24) is 4.98 Å². The summed E-state index contributed by atoms with van der Waals surface area (Å²) in [7, 11) is 0. The van der Waals surface area contributed by atoms with Crippen LogP contribution < -0.4 is 0 Å². The van der Waals surface area contributed by atoms with Crippen molar-refractivity contribution in [2.45, 2.75) is 0 Å². The Kier molecular flexibility index (Phi) is 4.77. The van der Waals surface area contributed by atoms with E-state index >= 15 is 0 Å². The van der Waals surface area contributed by atoms with Gasteiger partial charge in [0.1, 0.15) is 0 Å². The second-order valence-corrected chi connectivity index (χ2v) is 4.31. The molecule has 0 radical (unpaired) electrons. The fourth-order valence-corrected chi connectivity index (χ4v) is 1.74. The SMILES string of the molecule is O=C(O)c1ccc([N+](=O)[O-])cc1.c1ccc2ncccc2c1. The molecule has 0 unspecified atom stereocenters. The molecule has 3 rings (SSSR count). The van der Waals surface area contributed by atoms with Crippen LogP contribution in [0.3, 0.4) is 0 Å². The molecular formula is C16H12N2O4. The van der Waals surface area contributed by atoms with E-state index in [9.17, 15) is 14.9 Å². The third-order valence-electron chi connectivity index (χ3n) is 2.84. The Hall–Kier alpha value is -3.28. The van der Waals surface area contributed by atoms with Gasteiger partial charge in [-0.05, 0) is 24.3 Å². The largest absolute Gasteiger partial charge is 0.478 e. The predicted molar refractivity (Wildman–Crippen MR) is 81.8 cm³/mol. The van der Waals surface area contributed by atoms with Gasteiger partial charge in [0.2, 0.25) is 0 Å². The van der Waals surface area contributed by atoms with Crippen molar-refractivity contribution in [2.24, 2.45) is 0 Å². The second kappa shape index (κ2) is 6.94. The Morgan fingerprint density at radius 1 is 1.00 bits per heavy atom. The van der Waals surface area contributed by atoms with Crippen molar-refractivity contribution in [3.8, 4) is 0 Å². The zero-order valence-corrected chi connectivity index (χ0v) is 11.4. The molecule has 0 aliphatic carbocycles. The van der Waals surface area contributed by atoms with Gasteiger partial charge in [-0.1, -0.05) is 24.3 Å². The highest BCUT2D eigenvalue weighted by Gasteiger charge is 2.06. The molecular weight excluding hydrogens is 284 g/mol. The Morgan fingerprint density at radius 3 is 2.23 bits per heavy atom. The van der Waals surface area contributed by atoms with E-state index in [1.54, 1.807) is 0 Å². The molecule has 0 saturated carbocycles. The average Bonchev–Trinajstić information content (AvgIpc) is 2.55. The first-order chi connectivity index (χ1) is 10.6. The maximum atomic E-state index is 10.3. The molecule has 0 fully saturated rings. The van der Waals surface area contributed by atoms with Crippen molar-refractivity contribution in [1.29, 1.82) is 0 Å². The minimum absolute atomic E-state index is 0.0422. The van der Waals surface area contributed by atoms with E-state index < -0.39 is 10.9 Å². The van der Waals surface area contributed by atoms with Crippen LogP contribution in [-0.2, 0) is 0 Å². The van der Waals surface area contributed by atoms with Gasteiger partial charge in [-0.25, -0.2) is 4.79 Å². The molecule has 0 aliphatic rings. The van der Waals surface area contributed by atoms with Crippen LogP contribution in [0, 0.1) is 10.1 Å². The fourth-order valence-electron chi connectivity index (χ4n) is 1.74. The molecule has 22 heavy (non-hydrogen) atoms. The molecule has 0 aliphatic heterocycles. The third kappa shape index (κ3) is 3.86. The van der Waals surface area contributed by atoms with Gasteiger partial charge >= 0.3 is 5.97 Å². The summed E-state index contributed by atoms with van der Waals surface area (Å²) in [5, 5.41) is 19.8. The van der Waals surface area contributed by atoms with Crippen LogP contribution in [0.1, 0.15) is 10.4 Å². The molecule has 2 aromatic carbocycles. The van der Waals surface area contributed by atoms with Crippen molar-refractivity contribution in [3.63, 3.8) is 0 Å². The number of rotatable bonds is 2. The number of carboxylic acids is 1. The predicted octanol–water partition coefficient (Wildman–Crippen LogP) is 3.53. The number of aromatic carboxylic acids is 1. The molecule has 1 heterocycles. The molecule has 0 atom stereocenters. The Morgan fingerprint density at radius 2 is 1.64 bits per heavy atom. The highest BCUT2D eigenvalue weighted by molar-refractivity contribution is 5.87. The van der Waals surface area contributed by atoms with Gasteiger partial charge in [0, 0.05) is 23.7 Å². The lowest BCUT2D eigenvalue weighted by molar-refractivity contribution is -0.384. The van der Waals surface area contributed by atoms with Gasteiger partial charge in [0.15, 0.2) is 0 Å². The standard InChI is InChI=1S/C9H7N.C7H5NO4/c1-2-6-9-8(4-1)5-3-7-10-9;9-7(10)5-1-3-6(4-2-5)8(11)12/h1-7H;1-4H,(H,9,10). The maximum absolute atomic E-state index is 10.3. The van der Waals surface area contributed by atoms with Gasteiger partial charge in [0.05, 0.1) is 16.0 Å². The molecule has 6 heteroatoms. The van der Waals surface area contributed by atoms with Crippen LogP contribution >= 0.6 is 0 Å². The van der Waals surface area contributed by atoms with E-state index in [0.29, 0.717) is 0 Å². The minimum atomic E-state index is -1.09. The number of nitro groups is 1. The first-order valence-corrected chi connectivity index (χ1v) is 6.35. The molecule has 3 aromatic rings. The smallest absolute Gasteiger partial charge is 0.335 e. The normalized spacial score (nSPS) is 9.64. The van der Waals surface area contributed by atoms with Crippen LogP contribution in [-0.4, -0.2) is 21.0 Å². The molecule has 110 valence electrons. The van der Waals surface area contributed by atoms with Crippen molar-refractivity contribution < 1.29 is 14.8 Å². The number of hydrogen-bond acceptors (Lipinski definition) is 4. The van der Waals surface area contributed by atoms with E-state index in [0.717, 1.165) is 17.6 Å². The fraction of sp³-hybridized carbons (Fsp3) is 0. The number of hydrogen-bond donors (Lipinski definition) is 1. The topological polar surface area (TPSA) is 93.3 Å². The number of carbonyl (C=O) groups is 1. The first-order valence-electron chi connectivity index (χ1n) is 6.35. The van der Waals surface area contributed by atoms with Crippen LogP contribution in [0.5, 0.6) is 0 Å². The number of pyridine rings is 1. The number of nitrogens with zero attached hydrogens (tertiary/aromatic N) is 2. The van der Waals surface area contributed by atoms with E-state index in [1.807, 2.05) is 30.5 Å². The van der Waals surface area contributed by atoms with E-state index in [1.165, 1.54) is 17.5 Å². The summed E-state index contributed by atoms with van der Waals surface area (Å²) in [5.41, 5.74) is 0.991. The van der Waals surface area contributed by atoms with Gasteiger partial charge in [-0.2, -0.15) is 0 Å². The third-order valence-corrected chi connectivity index (χ3v) is 2.84. The summed E-state index contributed by atoms with van der Waals surface area (Å²) in [5.74, 6) is -1.09. The van der Waals surface area contributed by atoms with Crippen LogP contribution in [0.15, 0.2) is 66.9 Å². The average molecular weight is 296 g/mol. The Labute approximate surface area is 125 Å².